The number of rotatable bonds is 4. The minimum Gasteiger partial charge on any atom is -0.456 e. The van der Waals surface area contributed by atoms with Gasteiger partial charge >= 0.3 is 0 Å². The molecule has 3 rings (SSSR count). The molecule has 2 aliphatic rings. The highest BCUT2D eigenvalue weighted by Gasteiger charge is 2.37. The number of amides is 2. The van der Waals surface area contributed by atoms with Crippen molar-refractivity contribution in [3.05, 3.63) is 23.7 Å². The fourth-order valence-electron chi connectivity index (χ4n) is 2.63. The summed E-state index contributed by atoms with van der Waals surface area (Å²) in [6.45, 7) is 2.61. The Bertz CT molecular complexity index is 519. The quantitative estimate of drug-likeness (QED) is 0.911. The van der Waals surface area contributed by atoms with E-state index >= 15 is 0 Å². The van der Waals surface area contributed by atoms with Gasteiger partial charge in [0.15, 0.2) is 5.76 Å². The highest BCUT2D eigenvalue weighted by molar-refractivity contribution is 5.96. The van der Waals surface area contributed by atoms with Gasteiger partial charge in [-0.1, -0.05) is 6.92 Å². The monoisotopic (exact) mass is 276 g/mol. The van der Waals surface area contributed by atoms with Crippen LogP contribution in [0.2, 0.25) is 0 Å². The van der Waals surface area contributed by atoms with Gasteiger partial charge in [0.2, 0.25) is 5.91 Å². The summed E-state index contributed by atoms with van der Waals surface area (Å²) in [5.41, 5.74) is 0. The third-order valence-electron chi connectivity index (χ3n) is 3.96. The molecule has 1 saturated heterocycles. The van der Waals surface area contributed by atoms with Crippen LogP contribution in [0.4, 0.5) is 0 Å². The number of carbonyl (C=O) groups excluding carboxylic acids is 2. The molecule has 0 bridgehead atoms. The summed E-state index contributed by atoms with van der Waals surface area (Å²) in [5, 5.41) is 2.99. The summed E-state index contributed by atoms with van der Waals surface area (Å²) in [5.74, 6) is 0.957. The first kappa shape index (κ1) is 13.2. The summed E-state index contributed by atoms with van der Waals surface area (Å²) < 4.78 is 5.51. The zero-order chi connectivity index (χ0) is 14.1. The second-order valence-electron chi connectivity index (χ2n) is 5.56. The van der Waals surface area contributed by atoms with E-state index in [0.29, 0.717) is 18.3 Å². The normalized spacial score (nSPS) is 22.1. The Morgan fingerprint density at radius 1 is 1.35 bits per heavy atom. The van der Waals surface area contributed by atoms with Crippen LogP contribution in [0, 0.1) is 0 Å². The zero-order valence-corrected chi connectivity index (χ0v) is 11.7. The van der Waals surface area contributed by atoms with E-state index < -0.39 is 0 Å². The number of nitrogens with one attached hydrogen (secondary N) is 1. The van der Waals surface area contributed by atoms with E-state index in [1.165, 1.54) is 0 Å². The lowest BCUT2D eigenvalue weighted by Gasteiger charge is -2.23. The molecule has 1 aromatic heterocycles. The molecule has 0 radical (unpaired) electrons. The SMILES string of the molecule is CCc1ccc(C(=O)N2CCCC2C(=O)NC2CC2)o1. The lowest BCUT2D eigenvalue weighted by molar-refractivity contribution is -0.125. The number of hydrogen-bond acceptors (Lipinski definition) is 3. The molecule has 1 saturated carbocycles. The van der Waals surface area contributed by atoms with Crippen molar-refractivity contribution in [2.75, 3.05) is 6.54 Å². The Morgan fingerprint density at radius 3 is 2.80 bits per heavy atom. The van der Waals surface area contributed by atoms with E-state index in [4.69, 9.17) is 4.42 Å². The van der Waals surface area contributed by atoms with Crippen molar-refractivity contribution < 1.29 is 14.0 Å². The van der Waals surface area contributed by atoms with Crippen molar-refractivity contribution >= 4 is 11.8 Å². The number of nitrogens with zero attached hydrogens (tertiary/aromatic N) is 1. The largest absolute Gasteiger partial charge is 0.456 e. The lowest BCUT2D eigenvalue weighted by Crippen LogP contribution is -2.46. The molecule has 5 heteroatoms. The highest BCUT2D eigenvalue weighted by Crippen LogP contribution is 2.24. The fraction of sp³-hybridized carbons (Fsp3) is 0.600. The topological polar surface area (TPSA) is 62.6 Å². The van der Waals surface area contributed by atoms with E-state index in [9.17, 15) is 9.59 Å². The molecule has 108 valence electrons. The standard InChI is InChI=1S/C15H20N2O3/c1-2-11-7-8-13(20-11)15(19)17-9-3-4-12(17)14(18)16-10-5-6-10/h7-8,10,12H,2-6,9H2,1H3,(H,16,18). The van der Waals surface area contributed by atoms with Crippen molar-refractivity contribution in [3.8, 4) is 0 Å². The molecule has 0 spiro atoms. The Morgan fingerprint density at radius 2 is 2.15 bits per heavy atom. The summed E-state index contributed by atoms with van der Waals surface area (Å²) in [6, 6.07) is 3.52. The first-order valence-corrected chi connectivity index (χ1v) is 7.39. The molecule has 2 amide bonds. The summed E-state index contributed by atoms with van der Waals surface area (Å²) in [4.78, 5) is 26.3. The number of likely N-dealkylation sites (tertiary alicyclic amines) is 1. The van der Waals surface area contributed by atoms with E-state index in [2.05, 4.69) is 5.32 Å². The maximum Gasteiger partial charge on any atom is 0.290 e. The Balaban J connectivity index is 1.70. The van der Waals surface area contributed by atoms with Crippen LogP contribution in [-0.2, 0) is 11.2 Å². The number of carbonyl (C=O) groups is 2. The van der Waals surface area contributed by atoms with Gasteiger partial charge in [0.1, 0.15) is 11.8 Å². The fourth-order valence-corrected chi connectivity index (χ4v) is 2.63. The molecule has 2 fully saturated rings. The van der Waals surface area contributed by atoms with E-state index in [-0.39, 0.29) is 17.9 Å². The Kier molecular flexibility index (Phi) is 3.51. The van der Waals surface area contributed by atoms with Gasteiger partial charge in [-0.3, -0.25) is 9.59 Å². The molecule has 1 aliphatic carbocycles. The highest BCUT2D eigenvalue weighted by atomic mass is 16.4. The zero-order valence-electron chi connectivity index (χ0n) is 11.7. The van der Waals surface area contributed by atoms with Crippen LogP contribution in [0.25, 0.3) is 0 Å². The van der Waals surface area contributed by atoms with Gasteiger partial charge in [-0.2, -0.15) is 0 Å². The van der Waals surface area contributed by atoms with E-state index in [1.807, 2.05) is 13.0 Å². The number of hydrogen-bond donors (Lipinski definition) is 1. The van der Waals surface area contributed by atoms with Gasteiger partial charge in [0.05, 0.1) is 0 Å². The molecule has 1 aliphatic heterocycles. The van der Waals surface area contributed by atoms with Crippen molar-refractivity contribution in [3.63, 3.8) is 0 Å². The minimum absolute atomic E-state index is 0.0133. The average molecular weight is 276 g/mol. The van der Waals surface area contributed by atoms with Crippen LogP contribution in [0.1, 0.15) is 48.9 Å². The van der Waals surface area contributed by atoms with Crippen LogP contribution in [0.3, 0.4) is 0 Å². The van der Waals surface area contributed by atoms with Crippen molar-refractivity contribution in [1.82, 2.24) is 10.2 Å². The summed E-state index contributed by atoms with van der Waals surface area (Å²) in [7, 11) is 0. The Labute approximate surface area is 118 Å². The summed E-state index contributed by atoms with van der Waals surface area (Å²) in [6.07, 6.45) is 4.50. The van der Waals surface area contributed by atoms with Gasteiger partial charge in [0.25, 0.3) is 5.91 Å². The van der Waals surface area contributed by atoms with Crippen LogP contribution < -0.4 is 5.32 Å². The van der Waals surface area contributed by atoms with E-state index in [1.54, 1.807) is 11.0 Å². The molecule has 1 N–H and O–H groups in total. The summed E-state index contributed by atoms with van der Waals surface area (Å²) >= 11 is 0. The van der Waals surface area contributed by atoms with E-state index in [0.717, 1.165) is 37.9 Å². The van der Waals surface area contributed by atoms with Gasteiger partial charge in [-0.05, 0) is 37.8 Å². The van der Waals surface area contributed by atoms with Crippen molar-refractivity contribution in [2.45, 2.75) is 51.1 Å². The first-order chi connectivity index (χ1) is 9.69. The molecule has 5 nitrogen and oxygen atoms in total. The van der Waals surface area contributed by atoms with Crippen LogP contribution >= 0.6 is 0 Å². The van der Waals surface area contributed by atoms with Gasteiger partial charge in [0, 0.05) is 19.0 Å². The van der Waals surface area contributed by atoms with Crippen LogP contribution in [-0.4, -0.2) is 35.3 Å². The Hall–Kier alpha value is -1.78. The van der Waals surface area contributed by atoms with Gasteiger partial charge in [-0.15, -0.1) is 0 Å². The third kappa shape index (κ3) is 2.57. The maximum absolute atomic E-state index is 12.4. The molecule has 2 heterocycles. The van der Waals surface area contributed by atoms with Crippen molar-refractivity contribution in [2.24, 2.45) is 0 Å². The average Bonchev–Trinajstić information content (AvgIpc) is 2.99. The molecule has 0 aromatic carbocycles. The van der Waals surface area contributed by atoms with Gasteiger partial charge < -0.3 is 14.6 Å². The number of aryl methyl sites for hydroxylation is 1. The molecule has 1 aromatic rings. The number of furan rings is 1. The molecule has 20 heavy (non-hydrogen) atoms. The van der Waals surface area contributed by atoms with Gasteiger partial charge in [-0.25, -0.2) is 0 Å². The maximum atomic E-state index is 12.4. The lowest BCUT2D eigenvalue weighted by atomic mass is 10.2. The molecular weight excluding hydrogens is 256 g/mol. The minimum atomic E-state index is -0.335. The second kappa shape index (κ2) is 5.31. The predicted octanol–water partition coefficient (Wildman–Crippen LogP) is 1.73. The van der Waals surface area contributed by atoms with Crippen molar-refractivity contribution in [1.29, 1.82) is 0 Å². The van der Waals surface area contributed by atoms with Crippen LogP contribution in [0.15, 0.2) is 16.5 Å². The molecule has 1 atom stereocenters. The van der Waals surface area contributed by atoms with Crippen LogP contribution in [0.5, 0.6) is 0 Å². The molecular formula is C15H20N2O3. The third-order valence-corrected chi connectivity index (χ3v) is 3.96. The first-order valence-electron chi connectivity index (χ1n) is 7.39. The molecule has 1 unspecified atom stereocenters. The smallest absolute Gasteiger partial charge is 0.290 e. The second-order valence-corrected chi connectivity index (χ2v) is 5.56. The predicted molar refractivity (Wildman–Crippen MR) is 73.3 cm³/mol.